The first-order valence-corrected chi connectivity index (χ1v) is 9.97. The van der Waals surface area contributed by atoms with Crippen LogP contribution in [0, 0.1) is 0 Å². The van der Waals surface area contributed by atoms with Gasteiger partial charge < -0.3 is 5.32 Å². The average Bonchev–Trinajstić information content (AvgIpc) is 2.81. The van der Waals surface area contributed by atoms with Crippen LogP contribution in [-0.2, 0) is 0 Å². The summed E-state index contributed by atoms with van der Waals surface area (Å²) in [7, 11) is 0. The summed E-state index contributed by atoms with van der Waals surface area (Å²) in [5.74, 6) is -0.331. The van der Waals surface area contributed by atoms with Crippen LogP contribution in [0.15, 0.2) is 84.9 Å². The monoisotopic (exact) mass is 444 g/mol. The first-order valence-electron chi connectivity index (χ1n) is 9.59. The third-order valence-corrected chi connectivity index (χ3v) is 4.67. The zero-order valence-corrected chi connectivity index (χ0v) is 17.4. The third kappa shape index (κ3) is 5.05. The number of carbonyl (C=O) groups excluding carboxylic acids is 2. The van der Waals surface area contributed by atoms with Gasteiger partial charge in [0.15, 0.2) is 5.82 Å². The van der Waals surface area contributed by atoms with Crippen LogP contribution in [-0.4, -0.2) is 27.1 Å². The number of para-hydroxylation sites is 1. The standard InChI is InChI=1S/C23H17ClN6O2/c24-18-14-8-7-13-17(18)21(31)27-23(32)28-22-26-20(25-16-11-5-2-6-12-16)19(29-30-22)15-9-3-1-4-10-15/h1-14H,(H3,25,26,27,28,30,31,32). The Morgan fingerprint density at radius 2 is 1.44 bits per heavy atom. The SMILES string of the molecule is O=C(NC(=O)c1ccccc1Cl)Nc1nnc(-c2ccccc2)c(Nc2ccccc2)n1. The van der Waals surface area contributed by atoms with Crippen molar-refractivity contribution in [1.29, 1.82) is 0 Å². The number of urea groups is 1. The highest BCUT2D eigenvalue weighted by molar-refractivity contribution is 6.34. The van der Waals surface area contributed by atoms with Gasteiger partial charge in [-0.15, -0.1) is 10.2 Å². The van der Waals surface area contributed by atoms with Crippen LogP contribution in [0.25, 0.3) is 11.3 Å². The molecule has 9 heteroatoms. The lowest BCUT2D eigenvalue weighted by Crippen LogP contribution is -2.35. The van der Waals surface area contributed by atoms with Crippen molar-refractivity contribution in [2.24, 2.45) is 0 Å². The predicted molar refractivity (Wildman–Crippen MR) is 123 cm³/mol. The van der Waals surface area contributed by atoms with Gasteiger partial charge in [-0.25, -0.2) is 4.79 Å². The number of benzene rings is 3. The summed E-state index contributed by atoms with van der Waals surface area (Å²) < 4.78 is 0. The van der Waals surface area contributed by atoms with E-state index in [0.29, 0.717) is 11.5 Å². The topological polar surface area (TPSA) is 109 Å². The van der Waals surface area contributed by atoms with Crippen molar-refractivity contribution in [2.45, 2.75) is 0 Å². The molecule has 3 aromatic carbocycles. The van der Waals surface area contributed by atoms with Gasteiger partial charge in [0.2, 0.25) is 0 Å². The van der Waals surface area contributed by atoms with Crippen molar-refractivity contribution in [3.63, 3.8) is 0 Å². The zero-order chi connectivity index (χ0) is 22.3. The minimum Gasteiger partial charge on any atom is -0.338 e. The van der Waals surface area contributed by atoms with E-state index < -0.39 is 11.9 Å². The number of hydrogen-bond donors (Lipinski definition) is 3. The summed E-state index contributed by atoms with van der Waals surface area (Å²) in [5.41, 5.74) is 2.27. The zero-order valence-electron chi connectivity index (χ0n) is 16.6. The van der Waals surface area contributed by atoms with E-state index in [1.165, 1.54) is 6.07 Å². The van der Waals surface area contributed by atoms with E-state index in [4.69, 9.17) is 11.6 Å². The first-order chi connectivity index (χ1) is 15.6. The number of halogens is 1. The van der Waals surface area contributed by atoms with Gasteiger partial charge in [0.25, 0.3) is 11.9 Å². The third-order valence-electron chi connectivity index (χ3n) is 4.34. The van der Waals surface area contributed by atoms with Crippen molar-refractivity contribution < 1.29 is 9.59 Å². The van der Waals surface area contributed by atoms with Gasteiger partial charge in [-0.2, -0.15) is 4.98 Å². The molecule has 4 aromatic rings. The molecule has 0 unspecified atom stereocenters. The van der Waals surface area contributed by atoms with Gasteiger partial charge >= 0.3 is 6.03 Å². The minimum absolute atomic E-state index is 0.0763. The van der Waals surface area contributed by atoms with Gasteiger partial charge in [-0.1, -0.05) is 72.3 Å². The molecule has 1 heterocycles. The van der Waals surface area contributed by atoms with Crippen molar-refractivity contribution >= 4 is 41.0 Å². The molecule has 0 saturated heterocycles. The molecule has 0 aliphatic heterocycles. The number of anilines is 3. The molecule has 0 fully saturated rings. The summed E-state index contributed by atoms with van der Waals surface area (Å²) in [6.07, 6.45) is 0. The molecular formula is C23H17ClN6O2. The molecule has 0 bridgehead atoms. The second-order valence-corrected chi connectivity index (χ2v) is 6.98. The highest BCUT2D eigenvalue weighted by atomic mass is 35.5. The maximum Gasteiger partial charge on any atom is 0.328 e. The number of hydrogen-bond acceptors (Lipinski definition) is 6. The van der Waals surface area contributed by atoms with Crippen molar-refractivity contribution in [3.05, 3.63) is 95.5 Å². The molecule has 3 amide bonds. The molecule has 0 spiro atoms. The molecule has 0 saturated carbocycles. The number of nitrogens with zero attached hydrogens (tertiary/aromatic N) is 3. The van der Waals surface area contributed by atoms with E-state index in [2.05, 4.69) is 31.1 Å². The second-order valence-electron chi connectivity index (χ2n) is 6.58. The molecule has 158 valence electrons. The Morgan fingerprint density at radius 1 is 0.781 bits per heavy atom. The number of imide groups is 1. The highest BCUT2D eigenvalue weighted by Gasteiger charge is 2.16. The van der Waals surface area contributed by atoms with Crippen LogP contribution < -0.4 is 16.0 Å². The minimum atomic E-state index is -0.810. The van der Waals surface area contributed by atoms with E-state index in [1.807, 2.05) is 60.7 Å². The maximum atomic E-state index is 12.3. The van der Waals surface area contributed by atoms with E-state index in [-0.39, 0.29) is 16.5 Å². The molecule has 0 aliphatic rings. The van der Waals surface area contributed by atoms with Gasteiger partial charge in [0, 0.05) is 11.3 Å². The van der Waals surface area contributed by atoms with Crippen LogP contribution >= 0.6 is 11.6 Å². The Kier molecular flexibility index (Phi) is 6.33. The molecule has 0 aliphatic carbocycles. The van der Waals surface area contributed by atoms with Gasteiger partial charge in [-0.3, -0.25) is 15.4 Å². The number of amides is 3. The van der Waals surface area contributed by atoms with Crippen LogP contribution in [0.1, 0.15) is 10.4 Å². The summed E-state index contributed by atoms with van der Waals surface area (Å²) >= 11 is 6.00. The Balaban J connectivity index is 1.56. The van der Waals surface area contributed by atoms with E-state index >= 15 is 0 Å². The van der Waals surface area contributed by atoms with Crippen LogP contribution in [0.5, 0.6) is 0 Å². The molecule has 1 aromatic heterocycles. The largest absolute Gasteiger partial charge is 0.338 e. The first kappa shape index (κ1) is 21.0. The summed E-state index contributed by atoms with van der Waals surface area (Å²) in [6, 6.07) is 24.4. The second kappa shape index (κ2) is 9.67. The van der Waals surface area contributed by atoms with Crippen LogP contribution in [0.3, 0.4) is 0 Å². The lowest BCUT2D eigenvalue weighted by molar-refractivity contribution is 0.0967. The molecule has 8 nitrogen and oxygen atoms in total. The Morgan fingerprint density at radius 3 is 2.16 bits per heavy atom. The fraction of sp³-hybridized carbons (Fsp3) is 0. The van der Waals surface area contributed by atoms with E-state index in [9.17, 15) is 9.59 Å². The molecule has 3 N–H and O–H groups in total. The van der Waals surface area contributed by atoms with Gasteiger partial charge in [0.05, 0.1) is 10.6 Å². The van der Waals surface area contributed by atoms with E-state index in [1.54, 1.807) is 18.2 Å². The van der Waals surface area contributed by atoms with Crippen molar-refractivity contribution in [1.82, 2.24) is 20.5 Å². The Labute approximate surface area is 188 Å². The van der Waals surface area contributed by atoms with Crippen LogP contribution in [0.4, 0.5) is 22.2 Å². The molecular weight excluding hydrogens is 428 g/mol. The number of rotatable bonds is 5. The Bertz CT molecular complexity index is 1250. The average molecular weight is 445 g/mol. The molecule has 0 atom stereocenters. The maximum absolute atomic E-state index is 12.3. The Hall–Kier alpha value is -4.30. The normalized spacial score (nSPS) is 10.3. The van der Waals surface area contributed by atoms with Gasteiger partial charge in [-0.05, 0) is 24.3 Å². The summed E-state index contributed by atoms with van der Waals surface area (Å²) in [5, 5.41) is 16.3. The van der Waals surface area contributed by atoms with Gasteiger partial charge in [0.1, 0.15) is 5.69 Å². The molecule has 32 heavy (non-hydrogen) atoms. The fourth-order valence-corrected chi connectivity index (χ4v) is 3.08. The lowest BCUT2D eigenvalue weighted by Gasteiger charge is -2.12. The molecule has 0 radical (unpaired) electrons. The summed E-state index contributed by atoms with van der Waals surface area (Å²) in [4.78, 5) is 29.0. The van der Waals surface area contributed by atoms with Crippen molar-refractivity contribution in [2.75, 3.05) is 10.6 Å². The predicted octanol–water partition coefficient (Wildman–Crippen LogP) is 4.90. The fourth-order valence-electron chi connectivity index (χ4n) is 2.86. The molecule has 4 rings (SSSR count). The van der Waals surface area contributed by atoms with E-state index in [0.717, 1.165) is 11.3 Å². The van der Waals surface area contributed by atoms with Crippen molar-refractivity contribution in [3.8, 4) is 11.3 Å². The van der Waals surface area contributed by atoms with Crippen LogP contribution in [0.2, 0.25) is 5.02 Å². The summed E-state index contributed by atoms with van der Waals surface area (Å²) in [6.45, 7) is 0. The lowest BCUT2D eigenvalue weighted by atomic mass is 10.1. The number of carbonyl (C=O) groups is 2. The quantitative estimate of drug-likeness (QED) is 0.404. The number of nitrogens with one attached hydrogen (secondary N) is 3. The highest BCUT2D eigenvalue weighted by Crippen LogP contribution is 2.26. The number of aromatic nitrogens is 3. The smallest absolute Gasteiger partial charge is 0.328 e.